The predicted molar refractivity (Wildman–Crippen MR) is 91.3 cm³/mol. The first-order valence-corrected chi connectivity index (χ1v) is 8.58. The van der Waals surface area contributed by atoms with E-state index in [9.17, 15) is 0 Å². The molecule has 20 heavy (non-hydrogen) atoms. The van der Waals surface area contributed by atoms with Gasteiger partial charge in [0.1, 0.15) is 4.34 Å². The summed E-state index contributed by atoms with van der Waals surface area (Å²) in [7, 11) is 0. The van der Waals surface area contributed by atoms with E-state index in [1.165, 1.54) is 10.4 Å². The summed E-state index contributed by atoms with van der Waals surface area (Å²) in [6.07, 6.45) is 1.01. The molecule has 0 aliphatic heterocycles. The number of halogens is 2. The van der Waals surface area contributed by atoms with Crippen molar-refractivity contribution in [3.05, 3.63) is 55.6 Å². The van der Waals surface area contributed by atoms with Crippen LogP contribution in [0.25, 0.3) is 0 Å². The largest absolute Gasteiger partial charge is 0.330 e. The van der Waals surface area contributed by atoms with Crippen LogP contribution in [0.1, 0.15) is 16.9 Å². The van der Waals surface area contributed by atoms with Crippen molar-refractivity contribution < 1.29 is 0 Å². The summed E-state index contributed by atoms with van der Waals surface area (Å²) in [6.45, 7) is 3.57. The maximum atomic E-state index is 6.11. The number of rotatable bonds is 7. The van der Waals surface area contributed by atoms with E-state index >= 15 is 0 Å². The number of benzene rings is 1. The predicted octanol–water partition coefficient (Wildman–Crippen LogP) is 4.52. The molecule has 2 N–H and O–H groups in total. The molecule has 0 saturated heterocycles. The van der Waals surface area contributed by atoms with Gasteiger partial charge in [-0.15, -0.1) is 11.3 Å². The van der Waals surface area contributed by atoms with Crippen LogP contribution < -0.4 is 5.73 Å². The lowest BCUT2D eigenvalue weighted by molar-refractivity contribution is 0.257. The van der Waals surface area contributed by atoms with Gasteiger partial charge >= 0.3 is 0 Å². The molecule has 0 unspecified atom stereocenters. The molecule has 0 radical (unpaired) electrons. The van der Waals surface area contributed by atoms with Crippen LogP contribution in [0.4, 0.5) is 0 Å². The molecule has 1 aromatic heterocycles. The van der Waals surface area contributed by atoms with Crippen molar-refractivity contribution in [2.24, 2.45) is 5.73 Å². The lowest BCUT2D eigenvalue weighted by atomic mass is 10.2. The molecule has 1 heterocycles. The number of hydrogen-bond acceptors (Lipinski definition) is 3. The molecule has 1 aromatic carbocycles. The fraction of sp³-hybridized carbons (Fsp3) is 0.333. The van der Waals surface area contributed by atoms with E-state index in [4.69, 9.17) is 17.3 Å². The summed E-state index contributed by atoms with van der Waals surface area (Å²) in [5.41, 5.74) is 6.96. The van der Waals surface area contributed by atoms with Crippen LogP contribution in [0.15, 0.2) is 40.9 Å². The normalized spacial score (nSPS) is 11.2. The minimum absolute atomic E-state index is 0.722. The highest BCUT2D eigenvalue weighted by Gasteiger charge is 2.10. The average molecular weight is 374 g/mol. The topological polar surface area (TPSA) is 29.3 Å². The van der Waals surface area contributed by atoms with Crippen molar-refractivity contribution >= 4 is 38.9 Å². The van der Waals surface area contributed by atoms with E-state index < -0.39 is 0 Å². The van der Waals surface area contributed by atoms with Crippen molar-refractivity contribution in [1.29, 1.82) is 0 Å². The van der Waals surface area contributed by atoms with Gasteiger partial charge in [-0.1, -0.05) is 41.9 Å². The van der Waals surface area contributed by atoms with E-state index in [-0.39, 0.29) is 0 Å². The fourth-order valence-corrected chi connectivity index (χ4v) is 3.89. The Bertz CT molecular complexity index is 510. The van der Waals surface area contributed by atoms with Crippen LogP contribution in [0.3, 0.4) is 0 Å². The van der Waals surface area contributed by atoms with Gasteiger partial charge in [-0.05, 0) is 40.5 Å². The summed E-state index contributed by atoms with van der Waals surface area (Å²) in [5, 5.41) is 0. The quantitative estimate of drug-likeness (QED) is 0.773. The first-order chi connectivity index (χ1) is 9.69. The van der Waals surface area contributed by atoms with Gasteiger partial charge in [0.15, 0.2) is 0 Å². The van der Waals surface area contributed by atoms with Crippen molar-refractivity contribution in [3.63, 3.8) is 0 Å². The van der Waals surface area contributed by atoms with E-state index in [1.54, 1.807) is 11.3 Å². The molecule has 5 heteroatoms. The van der Waals surface area contributed by atoms with Gasteiger partial charge in [0, 0.05) is 29.0 Å². The second-order valence-corrected chi connectivity index (χ2v) is 7.27. The number of hydrogen-bond donors (Lipinski definition) is 1. The molecule has 0 spiro atoms. The molecule has 0 bridgehead atoms. The molecule has 0 fully saturated rings. The Morgan fingerprint density at radius 2 is 1.95 bits per heavy atom. The van der Waals surface area contributed by atoms with Crippen LogP contribution in [0.5, 0.6) is 0 Å². The molecular weight excluding hydrogens is 356 g/mol. The Hall–Kier alpha value is -0.390. The molecule has 0 aliphatic rings. The summed E-state index contributed by atoms with van der Waals surface area (Å²) in [4.78, 5) is 3.69. The number of nitrogens with zero attached hydrogens (tertiary/aromatic N) is 1. The van der Waals surface area contributed by atoms with Crippen molar-refractivity contribution in [1.82, 2.24) is 4.90 Å². The van der Waals surface area contributed by atoms with Gasteiger partial charge in [0.2, 0.25) is 0 Å². The maximum absolute atomic E-state index is 6.11. The smallest absolute Gasteiger partial charge is 0.107 e. The molecule has 2 nitrogen and oxygen atoms in total. The summed E-state index contributed by atoms with van der Waals surface area (Å²) >= 11 is 11.2. The summed E-state index contributed by atoms with van der Waals surface area (Å²) in [5.74, 6) is 0. The minimum atomic E-state index is 0.722. The molecular formula is C15H18BrClN2S. The van der Waals surface area contributed by atoms with E-state index in [2.05, 4.69) is 51.2 Å². The highest BCUT2D eigenvalue weighted by molar-refractivity contribution is 9.10. The van der Waals surface area contributed by atoms with Crippen molar-refractivity contribution in [2.75, 3.05) is 13.1 Å². The first-order valence-electron chi connectivity index (χ1n) is 6.59. The van der Waals surface area contributed by atoms with Gasteiger partial charge < -0.3 is 5.73 Å². The Morgan fingerprint density at radius 1 is 1.20 bits per heavy atom. The van der Waals surface area contributed by atoms with Crippen LogP contribution >= 0.6 is 38.9 Å². The Morgan fingerprint density at radius 3 is 2.55 bits per heavy atom. The third kappa shape index (κ3) is 4.86. The monoisotopic (exact) mass is 372 g/mol. The Labute approximate surface area is 137 Å². The van der Waals surface area contributed by atoms with Crippen LogP contribution in [-0.4, -0.2) is 18.0 Å². The summed E-state index contributed by atoms with van der Waals surface area (Å²) in [6, 6.07) is 12.6. The zero-order valence-electron chi connectivity index (χ0n) is 11.2. The van der Waals surface area contributed by atoms with Gasteiger partial charge in [-0.2, -0.15) is 0 Å². The Kier molecular flexibility index (Phi) is 6.52. The first kappa shape index (κ1) is 16.0. The van der Waals surface area contributed by atoms with Crippen LogP contribution in [0, 0.1) is 0 Å². The lowest BCUT2D eigenvalue weighted by Gasteiger charge is -2.21. The van der Waals surface area contributed by atoms with E-state index in [0.29, 0.717) is 0 Å². The molecule has 0 saturated carbocycles. The number of nitrogens with two attached hydrogens (primary N) is 1. The standard InChI is InChI=1S/C15H18BrClN2S/c16-14-9-13(20-15(14)17)11-19(8-4-7-18)10-12-5-2-1-3-6-12/h1-3,5-6,9H,4,7-8,10-11,18H2. The SMILES string of the molecule is NCCCN(Cc1ccccc1)Cc1cc(Br)c(Cl)s1. The third-order valence-corrected chi connectivity index (χ3v) is 5.46. The maximum Gasteiger partial charge on any atom is 0.107 e. The average Bonchev–Trinajstić information content (AvgIpc) is 2.76. The van der Waals surface area contributed by atoms with Gasteiger partial charge in [0.05, 0.1) is 0 Å². The van der Waals surface area contributed by atoms with Crippen molar-refractivity contribution in [2.45, 2.75) is 19.5 Å². The molecule has 2 rings (SSSR count). The zero-order valence-corrected chi connectivity index (χ0v) is 14.3. The van der Waals surface area contributed by atoms with E-state index in [1.807, 2.05) is 6.07 Å². The fourth-order valence-electron chi connectivity index (χ4n) is 2.06. The van der Waals surface area contributed by atoms with Gasteiger partial charge in [-0.25, -0.2) is 0 Å². The second-order valence-electron chi connectivity index (χ2n) is 4.67. The van der Waals surface area contributed by atoms with Gasteiger partial charge in [0.25, 0.3) is 0 Å². The summed E-state index contributed by atoms with van der Waals surface area (Å²) < 4.78 is 1.80. The second kappa shape index (κ2) is 8.15. The molecule has 0 aliphatic carbocycles. The molecule has 0 amide bonds. The molecule has 0 atom stereocenters. The third-order valence-electron chi connectivity index (χ3n) is 3.00. The molecule has 2 aromatic rings. The van der Waals surface area contributed by atoms with Crippen LogP contribution in [0.2, 0.25) is 4.34 Å². The Balaban J connectivity index is 2.03. The minimum Gasteiger partial charge on any atom is -0.330 e. The van der Waals surface area contributed by atoms with E-state index in [0.717, 1.165) is 41.4 Å². The van der Waals surface area contributed by atoms with Gasteiger partial charge in [-0.3, -0.25) is 4.90 Å². The molecule has 108 valence electrons. The lowest BCUT2D eigenvalue weighted by Crippen LogP contribution is -2.25. The number of thiophene rings is 1. The highest BCUT2D eigenvalue weighted by atomic mass is 79.9. The van der Waals surface area contributed by atoms with Crippen molar-refractivity contribution in [3.8, 4) is 0 Å². The zero-order chi connectivity index (χ0) is 14.4. The van der Waals surface area contributed by atoms with Crippen LogP contribution in [-0.2, 0) is 13.1 Å². The highest BCUT2D eigenvalue weighted by Crippen LogP contribution is 2.32.